The predicted molar refractivity (Wildman–Crippen MR) is 107 cm³/mol. The topological polar surface area (TPSA) is 143 Å². The lowest BCUT2D eigenvalue weighted by Gasteiger charge is -2.43. The molecule has 0 bridgehead atoms. The van der Waals surface area contributed by atoms with Crippen LogP contribution in [0.15, 0.2) is 53.3 Å². The van der Waals surface area contributed by atoms with Gasteiger partial charge in [-0.3, -0.25) is 19.9 Å². The summed E-state index contributed by atoms with van der Waals surface area (Å²) in [6.07, 6.45) is 2.13. The van der Waals surface area contributed by atoms with E-state index < -0.39 is 17.6 Å². The third kappa shape index (κ3) is 3.14. The van der Waals surface area contributed by atoms with Crippen molar-refractivity contribution in [2.45, 2.75) is 32.6 Å². The molecule has 6 N–H and O–H groups in total. The van der Waals surface area contributed by atoms with Crippen LogP contribution >= 0.6 is 0 Å². The Bertz CT molecular complexity index is 1070. The molecule has 2 aromatic rings. The Labute approximate surface area is 172 Å². The van der Waals surface area contributed by atoms with Crippen molar-refractivity contribution >= 4 is 17.6 Å². The zero-order valence-electron chi connectivity index (χ0n) is 16.6. The molecule has 10 heteroatoms. The van der Waals surface area contributed by atoms with Crippen LogP contribution < -0.4 is 21.9 Å². The maximum Gasteiger partial charge on any atom is 0.265 e. The van der Waals surface area contributed by atoms with E-state index in [-0.39, 0.29) is 28.5 Å². The van der Waals surface area contributed by atoms with E-state index in [0.29, 0.717) is 29.7 Å². The van der Waals surface area contributed by atoms with E-state index in [4.69, 9.17) is 11.6 Å². The number of hydrazine groups is 1. The summed E-state index contributed by atoms with van der Waals surface area (Å²) in [5.41, 5.74) is 9.97. The largest absolute Gasteiger partial charge is 0.384 e. The Morgan fingerprint density at radius 1 is 1.30 bits per heavy atom. The number of aromatic amines is 1. The fraction of sp³-hybridized carbons (Fsp3) is 0.300. The quantitative estimate of drug-likeness (QED) is 0.339. The van der Waals surface area contributed by atoms with Crippen molar-refractivity contribution in [1.29, 1.82) is 0 Å². The maximum atomic E-state index is 13.6. The molecule has 4 rings (SSSR count). The zero-order chi connectivity index (χ0) is 21.6. The van der Waals surface area contributed by atoms with E-state index in [1.807, 2.05) is 13.8 Å². The standard InChI is InChI=1S/C20H22FN7O2/c1-20(2)7-12-15(13(29)8-20)14(10-3-5-11(21)6-4-10)16(18(30)26-23)17(22)28(12)19-24-9-25-27-19/h3-6,9,14H,7-8,22-23H2,1-2H3,(H,26,30)(H,24,25,27). The Morgan fingerprint density at radius 3 is 2.60 bits per heavy atom. The Hall–Kier alpha value is -3.53. The van der Waals surface area contributed by atoms with E-state index in [2.05, 4.69) is 20.6 Å². The second kappa shape index (κ2) is 7.06. The van der Waals surface area contributed by atoms with Crippen molar-refractivity contribution in [2.24, 2.45) is 17.0 Å². The zero-order valence-corrected chi connectivity index (χ0v) is 16.6. The van der Waals surface area contributed by atoms with Crippen LogP contribution in [0.4, 0.5) is 10.3 Å². The van der Waals surface area contributed by atoms with Crippen LogP contribution in [-0.4, -0.2) is 26.9 Å². The molecule has 0 radical (unpaired) electrons. The Balaban J connectivity index is 2.02. The highest BCUT2D eigenvalue weighted by atomic mass is 19.1. The first-order chi connectivity index (χ1) is 14.2. The number of Topliss-reactive ketones (excluding diaryl/α,β-unsaturated/α-hetero) is 1. The van der Waals surface area contributed by atoms with Crippen LogP contribution in [0.3, 0.4) is 0 Å². The number of nitrogens with zero attached hydrogens (tertiary/aromatic N) is 3. The number of hydrogen-bond acceptors (Lipinski definition) is 7. The molecule has 1 aromatic carbocycles. The number of allylic oxidation sites excluding steroid dienone is 2. The Morgan fingerprint density at radius 2 is 2.00 bits per heavy atom. The lowest BCUT2D eigenvalue weighted by Crippen LogP contribution is -2.46. The van der Waals surface area contributed by atoms with Crippen LogP contribution in [0.5, 0.6) is 0 Å². The highest BCUT2D eigenvalue weighted by Gasteiger charge is 2.46. The van der Waals surface area contributed by atoms with Gasteiger partial charge < -0.3 is 5.73 Å². The number of carbonyl (C=O) groups excluding carboxylic acids is 2. The van der Waals surface area contributed by atoms with Gasteiger partial charge in [0.25, 0.3) is 5.91 Å². The van der Waals surface area contributed by atoms with E-state index >= 15 is 0 Å². The second-order valence-electron chi connectivity index (χ2n) is 8.20. The molecule has 1 aromatic heterocycles. The van der Waals surface area contributed by atoms with Gasteiger partial charge in [0.05, 0.1) is 5.57 Å². The summed E-state index contributed by atoms with van der Waals surface area (Å²) in [4.78, 5) is 31.9. The van der Waals surface area contributed by atoms with E-state index in [1.54, 1.807) is 17.0 Å². The summed E-state index contributed by atoms with van der Waals surface area (Å²) in [5.74, 6) is 3.82. The van der Waals surface area contributed by atoms with Crippen LogP contribution in [0.2, 0.25) is 0 Å². The molecule has 0 fully saturated rings. The summed E-state index contributed by atoms with van der Waals surface area (Å²) >= 11 is 0. The van der Waals surface area contributed by atoms with Gasteiger partial charge in [0.15, 0.2) is 5.78 Å². The number of nitrogens with one attached hydrogen (secondary N) is 2. The Kier molecular flexibility index (Phi) is 4.65. The molecule has 2 heterocycles. The minimum atomic E-state index is -0.785. The minimum absolute atomic E-state index is 0.0771. The maximum absolute atomic E-state index is 13.6. The van der Waals surface area contributed by atoms with E-state index in [0.717, 1.165) is 0 Å². The smallest absolute Gasteiger partial charge is 0.265 e. The summed E-state index contributed by atoms with van der Waals surface area (Å²) in [5, 5.41) is 6.62. The van der Waals surface area contributed by atoms with Gasteiger partial charge in [0.1, 0.15) is 18.0 Å². The second-order valence-corrected chi connectivity index (χ2v) is 8.20. The first-order valence-corrected chi connectivity index (χ1v) is 9.41. The van der Waals surface area contributed by atoms with Crippen LogP contribution in [0.1, 0.15) is 38.2 Å². The molecule has 1 atom stereocenters. The number of benzene rings is 1. The first-order valence-electron chi connectivity index (χ1n) is 9.41. The van der Waals surface area contributed by atoms with Crippen molar-refractivity contribution in [3.8, 4) is 0 Å². The number of ketones is 1. The SMILES string of the molecule is CC1(C)CC(=O)C2=C(C1)N(c1ncn[nH]1)C(N)=C(C(=O)NN)C2c1ccc(F)cc1. The first kappa shape index (κ1) is 19.8. The van der Waals surface area contributed by atoms with Crippen LogP contribution in [0, 0.1) is 11.2 Å². The van der Waals surface area contributed by atoms with E-state index in [9.17, 15) is 14.0 Å². The molecule has 0 saturated carbocycles. The third-order valence-corrected chi connectivity index (χ3v) is 5.45. The van der Waals surface area contributed by atoms with Gasteiger partial charge in [-0.15, -0.1) is 0 Å². The molecule has 0 saturated heterocycles. The van der Waals surface area contributed by atoms with Gasteiger partial charge in [-0.05, 0) is 29.5 Å². The van der Waals surface area contributed by atoms with Crippen molar-refractivity contribution in [3.05, 3.63) is 64.6 Å². The number of H-pyrrole nitrogens is 1. The fourth-order valence-corrected chi connectivity index (χ4v) is 4.25. The van der Waals surface area contributed by atoms with Crippen molar-refractivity contribution in [1.82, 2.24) is 20.6 Å². The molecule has 0 spiro atoms. The minimum Gasteiger partial charge on any atom is -0.384 e. The van der Waals surface area contributed by atoms with E-state index in [1.165, 1.54) is 18.5 Å². The number of amides is 1. The fourth-order valence-electron chi connectivity index (χ4n) is 4.25. The van der Waals surface area contributed by atoms with Gasteiger partial charge >= 0.3 is 0 Å². The molecule has 9 nitrogen and oxygen atoms in total. The molecule has 30 heavy (non-hydrogen) atoms. The van der Waals surface area contributed by atoms with Gasteiger partial charge in [0, 0.05) is 23.6 Å². The monoisotopic (exact) mass is 411 g/mol. The van der Waals surface area contributed by atoms with Gasteiger partial charge in [-0.25, -0.2) is 15.3 Å². The summed E-state index contributed by atoms with van der Waals surface area (Å²) in [7, 11) is 0. The number of hydrogen-bond donors (Lipinski definition) is 4. The third-order valence-electron chi connectivity index (χ3n) is 5.45. The lowest BCUT2D eigenvalue weighted by atomic mass is 9.68. The average Bonchev–Trinajstić information content (AvgIpc) is 3.20. The molecule has 1 aliphatic carbocycles. The molecule has 1 unspecified atom stereocenters. The van der Waals surface area contributed by atoms with Gasteiger partial charge in [0.2, 0.25) is 5.95 Å². The molecular formula is C20H22FN7O2. The number of nitrogens with two attached hydrogens (primary N) is 2. The van der Waals surface area contributed by atoms with Crippen molar-refractivity contribution in [3.63, 3.8) is 0 Å². The molecule has 1 amide bonds. The molecule has 156 valence electrons. The molecule has 1 aliphatic heterocycles. The highest BCUT2D eigenvalue weighted by Crippen LogP contribution is 2.49. The number of halogens is 1. The van der Waals surface area contributed by atoms with Crippen LogP contribution in [-0.2, 0) is 9.59 Å². The number of aromatic nitrogens is 3. The average molecular weight is 411 g/mol. The molecular weight excluding hydrogens is 389 g/mol. The van der Waals surface area contributed by atoms with Crippen LogP contribution in [0.25, 0.3) is 0 Å². The summed E-state index contributed by atoms with van der Waals surface area (Å²) in [6.45, 7) is 3.98. The number of rotatable bonds is 3. The number of anilines is 1. The number of carbonyl (C=O) groups is 2. The predicted octanol–water partition coefficient (Wildman–Crippen LogP) is 1.35. The summed E-state index contributed by atoms with van der Waals surface area (Å²) in [6, 6.07) is 5.64. The lowest BCUT2D eigenvalue weighted by molar-refractivity contribution is -0.118. The summed E-state index contributed by atoms with van der Waals surface area (Å²) < 4.78 is 13.6. The van der Waals surface area contributed by atoms with Gasteiger partial charge in [-0.2, -0.15) is 10.1 Å². The highest BCUT2D eigenvalue weighted by molar-refractivity contribution is 6.06. The van der Waals surface area contributed by atoms with Gasteiger partial charge in [-0.1, -0.05) is 26.0 Å². The molecule has 2 aliphatic rings. The normalized spacial score (nSPS) is 21.0. The van der Waals surface area contributed by atoms with Crippen molar-refractivity contribution < 1.29 is 14.0 Å². The van der Waals surface area contributed by atoms with Crippen molar-refractivity contribution in [2.75, 3.05) is 4.90 Å².